The molecule has 1 amide bonds. The van der Waals surface area contributed by atoms with Crippen molar-refractivity contribution < 1.29 is 17.6 Å². The largest absolute Gasteiger partial charge is 0.441 e. The van der Waals surface area contributed by atoms with Crippen molar-refractivity contribution in [1.82, 2.24) is 15.3 Å². The molecule has 0 spiro atoms. The van der Waals surface area contributed by atoms with Crippen molar-refractivity contribution in [3.05, 3.63) is 71.4 Å². The van der Waals surface area contributed by atoms with E-state index in [1.807, 2.05) is 12.1 Å². The van der Waals surface area contributed by atoms with Gasteiger partial charge in [-0.3, -0.25) is 9.78 Å². The van der Waals surface area contributed by atoms with Crippen molar-refractivity contribution in [2.24, 2.45) is 5.73 Å². The van der Waals surface area contributed by atoms with Gasteiger partial charge in [-0.1, -0.05) is 6.07 Å². The van der Waals surface area contributed by atoms with Crippen LogP contribution in [0, 0.1) is 6.92 Å². The molecule has 10 heteroatoms. The van der Waals surface area contributed by atoms with Crippen LogP contribution in [0.1, 0.15) is 53.1 Å². The van der Waals surface area contributed by atoms with Crippen LogP contribution in [-0.2, 0) is 22.1 Å². The number of benzene rings is 1. The van der Waals surface area contributed by atoms with Gasteiger partial charge in [0.05, 0.1) is 16.7 Å². The molecule has 3 N–H and O–H groups in total. The molecule has 3 aromatic rings. The molecule has 0 unspecified atom stereocenters. The third-order valence-corrected chi connectivity index (χ3v) is 8.19. The van der Waals surface area contributed by atoms with Crippen LogP contribution >= 0.6 is 12.4 Å². The third-order valence-electron chi connectivity index (χ3n) is 6.03. The van der Waals surface area contributed by atoms with E-state index in [4.69, 9.17) is 10.2 Å². The van der Waals surface area contributed by atoms with E-state index in [1.54, 1.807) is 43.6 Å². The molecule has 0 atom stereocenters. The second kappa shape index (κ2) is 11.1. The van der Waals surface area contributed by atoms with E-state index in [0.29, 0.717) is 47.9 Å². The molecule has 1 aliphatic rings. The van der Waals surface area contributed by atoms with Gasteiger partial charge in [0.2, 0.25) is 5.89 Å². The van der Waals surface area contributed by atoms with Gasteiger partial charge in [0.15, 0.2) is 9.84 Å². The lowest BCUT2D eigenvalue weighted by atomic mass is 9.96. The molecule has 2 heterocycles. The summed E-state index contributed by atoms with van der Waals surface area (Å²) in [5.41, 5.74) is 8.43. The number of aryl methyl sites for hydroxylation is 1. The first-order chi connectivity index (χ1) is 15.8. The zero-order chi connectivity index (χ0) is 23.4. The first-order valence-electron chi connectivity index (χ1n) is 11.0. The summed E-state index contributed by atoms with van der Waals surface area (Å²) in [4.78, 5) is 20.9. The van der Waals surface area contributed by atoms with Gasteiger partial charge in [0.1, 0.15) is 5.76 Å². The van der Waals surface area contributed by atoms with E-state index >= 15 is 0 Å². The Morgan fingerprint density at radius 2 is 1.85 bits per heavy atom. The number of rotatable bonds is 7. The lowest BCUT2D eigenvalue weighted by molar-refractivity contribution is 0.0951. The summed E-state index contributed by atoms with van der Waals surface area (Å²) in [6.45, 7) is 2.11. The highest BCUT2D eigenvalue weighted by molar-refractivity contribution is 7.91. The Morgan fingerprint density at radius 3 is 2.50 bits per heavy atom. The Morgan fingerprint density at radius 1 is 1.15 bits per heavy atom. The van der Waals surface area contributed by atoms with Crippen LogP contribution in [0.4, 0.5) is 0 Å². The minimum Gasteiger partial charge on any atom is -0.441 e. The summed E-state index contributed by atoms with van der Waals surface area (Å²) in [5.74, 6) is 0.481. The Kier molecular flexibility index (Phi) is 8.46. The van der Waals surface area contributed by atoms with Crippen molar-refractivity contribution in [2.75, 3.05) is 0 Å². The average molecular weight is 505 g/mol. The molecule has 1 saturated carbocycles. The van der Waals surface area contributed by atoms with Crippen molar-refractivity contribution in [3.8, 4) is 11.5 Å². The SMILES string of the molecule is Cc1oc(-c2ccc(C(=O)NCc3cccnc3)cc2)nc1CS(=O)(=O)C1CCC(N)CC1.Cl. The summed E-state index contributed by atoms with van der Waals surface area (Å²) < 4.78 is 31.5. The number of nitrogens with two attached hydrogens (primary N) is 1. The zero-order valence-corrected chi connectivity index (χ0v) is 20.6. The topological polar surface area (TPSA) is 128 Å². The van der Waals surface area contributed by atoms with E-state index in [2.05, 4.69) is 15.3 Å². The quantitative estimate of drug-likeness (QED) is 0.503. The normalized spacial score (nSPS) is 18.2. The van der Waals surface area contributed by atoms with Crippen molar-refractivity contribution in [3.63, 3.8) is 0 Å². The molecule has 1 aliphatic carbocycles. The second-order valence-corrected chi connectivity index (χ2v) is 10.8. The van der Waals surface area contributed by atoms with Crippen LogP contribution in [0.5, 0.6) is 0 Å². The predicted molar refractivity (Wildman–Crippen MR) is 132 cm³/mol. The van der Waals surface area contributed by atoms with Crippen molar-refractivity contribution in [1.29, 1.82) is 0 Å². The number of aromatic nitrogens is 2. The fourth-order valence-electron chi connectivity index (χ4n) is 3.99. The highest BCUT2D eigenvalue weighted by Crippen LogP contribution is 2.28. The molecule has 0 radical (unpaired) electrons. The van der Waals surface area contributed by atoms with Crippen molar-refractivity contribution >= 4 is 28.2 Å². The number of carbonyl (C=O) groups is 1. The van der Waals surface area contributed by atoms with Gasteiger partial charge < -0.3 is 15.5 Å². The molecule has 0 saturated heterocycles. The maximum atomic E-state index is 12.9. The first kappa shape index (κ1) is 25.9. The third kappa shape index (κ3) is 6.22. The maximum absolute atomic E-state index is 12.9. The Bertz CT molecular complexity index is 1210. The Hall–Kier alpha value is -2.75. The Labute approximate surface area is 205 Å². The smallest absolute Gasteiger partial charge is 0.251 e. The highest BCUT2D eigenvalue weighted by Gasteiger charge is 2.31. The average Bonchev–Trinajstić information content (AvgIpc) is 3.18. The van der Waals surface area contributed by atoms with Crippen LogP contribution in [0.25, 0.3) is 11.5 Å². The minimum absolute atomic E-state index is 0. The molecule has 182 valence electrons. The number of amides is 1. The number of carbonyl (C=O) groups excluding carboxylic acids is 1. The number of hydrogen-bond donors (Lipinski definition) is 2. The molecular weight excluding hydrogens is 476 g/mol. The molecule has 1 fully saturated rings. The van der Waals surface area contributed by atoms with Crippen LogP contribution in [0.3, 0.4) is 0 Å². The van der Waals surface area contributed by atoms with Gasteiger partial charge >= 0.3 is 0 Å². The molecule has 8 nitrogen and oxygen atoms in total. The van der Waals surface area contributed by atoms with Crippen LogP contribution in [-0.4, -0.2) is 35.6 Å². The van der Waals surface area contributed by atoms with E-state index in [1.165, 1.54) is 0 Å². The number of pyridine rings is 1. The number of nitrogens with zero attached hydrogens (tertiary/aromatic N) is 2. The van der Waals surface area contributed by atoms with E-state index < -0.39 is 9.84 Å². The number of halogens is 1. The van der Waals surface area contributed by atoms with E-state index in [-0.39, 0.29) is 35.4 Å². The monoisotopic (exact) mass is 504 g/mol. The fraction of sp³-hybridized carbons (Fsp3) is 0.375. The van der Waals surface area contributed by atoms with Crippen LogP contribution in [0.2, 0.25) is 0 Å². The fourth-order valence-corrected chi connectivity index (χ4v) is 5.87. The van der Waals surface area contributed by atoms with Gasteiger partial charge in [-0.25, -0.2) is 13.4 Å². The van der Waals surface area contributed by atoms with Crippen LogP contribution in [0.15, 0.2) is 53.2 Å². The molecule has 0 bridgehead atoms. The van der Waals surface area contributed by atoms with Crippen molar-refractivity contribution in [2.45, 2.75) is 56.2 Å². The number of oxazole rings is 1. The summed E-state index contributed by atoms with van der Waals surface area (Å²) in [6, 6.07) is 10.7. The zero-order valence-electron chi connectivity index (χ0n) is 18.9. The standard InChI is InChI=1S/C24H28N4O4S.ClH/c1-16-22(15-33(30,31)21-10-8-20(25)9-11-21)28-24(32-16)19-6-4-18(5-7-19)23(29)27-14-17-3-2-12-26-13-17;/h2-7,12-13,20-21H,8-11,14-15,25H2,1H3,(H,27,29);1H. The Balaban J connectivity index is 0.00000324. The second-order valence-electron chi connectivity index (χ2n) is 8.49. The maximum Gasteiger partial charge on any atom is 0.251 e. The summed E-state index contributed by atoms with van der Waals surface area (Å²) in [6.07, 6.45) is 6.04. The molecule has 2 aromatic heterocycles. The van der Waals surface area contributed by atoms with Crippen LogP contribution < -0.4 is 11.1 Å². The lowest BCUT2D eigenvalue weighted by Crippen LogP contribution is -2.33. The first-order valence-corrected chi connectivity index (χ1v) is 12.7. The van der Waals surface area contributed by atoms with E-state index in [0.717, 1.165) is 18.4 Å². The number of sulfone groups is 1. The molecule has 4 rings (SSSR count). The molecule has 1 aromatic carbocycles. The van der Waals surface area contributed by atoms with Gasteiger partial charge in [-0.15, -0.1) is 12.4 Å². The summed E-state index contributed by atoms with van der Waals surface area (Å²) in [5, 5.41) is 2.48. The molecule has 0 aliphatic heterocycles. The van der Waals surface area contributed by atoms with Gasteiger partial charge in [-0.2, -0.15) is 0 Å². The van der Waals surface area contributed by atoms with E-state index in [9.17, 15) is 13.2 Å². The number of hydrogen-bond acceptors (Lipinski definition) is 7. The summed E-state index contributed by atoms with van der Waals surface area (Å²) in [7, 11) is -3.33. The number of nitrogens with one attached hydrogen (secondary N) is 1. The minimum atomic E-state index is -3.33. The van der Waals surface area contributed by atoms with Gasteiger partial charge in [0.25, 0.3) is 5.91 Å². The lowest BCUT2D eigenvalue weighted by Gasteiger charge is -2.25. The van der Waals surface area contributed by atoms with Gasteiger partial charge in [0, 0.05) is 36.1 Å². The highest BCUT2D eigenvalue weighted by atomic mass is 35.5. The predicted octanol–water partition coefficient (Wildman–Crippen LogP) is 3.58. The molecular formula is C24H29ClN4O4S. The summed E-state index contributed by atoms with van der Waals surface area (Å²) >= 11 is 0. The molecule has 34 heavy (non-hydrogen) atoms. The van der Waals surface area contributed by atoms with Gasteiger partial charge in [-0.05, 0) is 68.5 Å².